The summed E-state index contributed by atoms with van der Waals surface area (Å²) < 4.78 is 0. The second kappa shape index (κ2) is 7.90. The number of para-hydroxylation sites is 2. The van der Waals surface area contributed by atoms with Crippen molar-refractivity contribution in [1.82, 2.24) is 0 Å². The number of carbonyl (C=O) groups is 2. The molecule has 1 aliphatic heterocycles. The van der Waals surface area contributed by atoms with Gasteiger partial charge in [0.2, 0.25) is 5.91 Å². The summed E-state index contributed by atoms with van der Waals surface area (Å²) in [4.78, 5) is 28.6. The minimum absolute atomic E-state index is 0.0184. The van der Waals surface area contributed by atoms with Crippen molar-refractivity contribution in [2.45, 2.75) is 23.1 Å². The summed E-state index contributed by atoms with van der Waals surface area (Å²) in [6.07, 6.45) is 0.345. The van der Waals surface area contributed by atoms with Crippen molar-refractivity contribution in [2.75, 3.05) is 16.8 Å². The van der Waals surface area contributed by atoms with E-state index in [0.29, 0.717) is 24.2 Å². The molecule has 0 radical (unpaired) electrons. The van der Waals surface area contributed by atoms with Gasteiger partial charge in [0.25, 0.3) is 0 Å². The third kappa shape index (κ3) is 3.80. The zero-order valence-electron chi connectivity index (χ0n) is 15.5. The van der Waals surface area contributed by atoms with E-state index in [1.165, 1.54) is 16.7 Å². The number of hydrogen-bond acceptors (Lipinski definition) is 4. The molecule has 28 heavy (non-hydrogen) atoms. The van der Waals surface area contributed by atoms with Gasteiger partial charge in [-0.15, -0.1) is 0 Å². The van der Waals surface area contributed by atoms with Gasteiger partial charge in [0.1, 0.15) is 0 Å². The Morgan fingerprint density at radius 3 is 2.18 bits per heavy atom. The van der Waals surface area contributed by atoms with Crippen LogP contribution < -0.4 is 10.2 Å². The average Bonchev–Trinajstić information content (AvgIpc) is 2.71. The normalized spacial score (nSPS) is 12.1. The molecular weight excluding hydrogens is 368 g/mol. The minimum atomic E-state index is -0.0751. The summed E-state index contributed by atoms with van der Waals surface area (Å²) in [5, 5.41) is 2.90. The number of nitrogens with one attached hydrogen (secondary N) is 1. The van der Waals surface area contributed by atoms with Gasteiger partial charge < -0.3 is 10.2 Å². The maximum atomic E-state index is 12.5. The van der Waals surface area contributed by atoms with Crippen molar-refractivity contribution >= 4 is 40.5 Å². The molecule has 1 amide bonds. The molecule has 3 aromatic carbocycles. The fourth-order valence-electron chi connectivity index (χ4n) is 3.27. The predicted molar refractivity (Wildman–Crippen MR) is 114 cm³/mol. The molecule has 0 saturated heterocycles. The van der Waals surface area contributed by atoms with Gasteiger partial charge in [-0.25, -0.2) is 0 Å². The molecule has 0 spiro atoms. The molecule has 1 aliphatic rings. The Morgan fingerprint density at radius 2 is 1.54 bits per heavy atom. The fraction of sp³-hybridized carbons (Fsp3) is 0.130. The van der Waals surface area contributed by atoms with Gasteiger partial charge in [-0.1, -0.05) is 48.2 Å². The quantitative estimate of drug-likeness (QED) is 0.585. The van der Waals surface area contributed by atoms with Crippen molar-refractivity contribution in [3.63, 3.8) is 0 Å². The Morgan fingerprint density at radius 1 is 0.893 bits per heavy atom. The molecule has 0 fully saturated rings. The number of benzene rings is 3. The number of fused-ring (bicyclic) bond motifs is 2. The van der Waals surface area contributed by atoms with Crippen LogP contribution in [0.3, 0.4) is 0 Å². The molecule has 0 unspecified atom stereocenters. The zero-order chi connectivity index (χ0) is 19.5. The number of amides is 1. The molecule has 0 bridgehead atoms. The van der Waals surface area contributed by atoms with Crippen molar-refractivity contribution < 1.29 is 9.59 Å². The first-order chi connectivity index (χ1) is 13.6. The Kier molecular flexibility index (Phi) is 5.17. The summed E-state index contributed by atoms with van der Waals surface area (Å²) >= 11 is 1.75. The molecule has 5 heteroatoms. The second-order valence-corrected chi connectivity index (χ2v) is 7.71. The van der Waals surface area contributed by atoms with E-state index < -0.39 is 0 Å². The second-order valence-electron chi connectivity index (χ2n) is 6.62. The Hall–Kier alpha value is -3.05. The van der Waals surface area contributed by atoms with Crippen LogP contribution in [-0.4, -0.2) is 18.2 Å². The molecule has 140 valence electrons. The molecule has 4 nitrogen and oxygen atoms in total. The lowest BCUT2D eigenvalue weighted by molar-refractivity contribution is -0.116. The number of rotatable bonds is 5. The summed E-state index contributed by atoms with van der Waals surface area (Å²) in [5.41, 5.74) is 3.48. The van der Waals surface area contributed by atoms with Crippen LogP contribution in [0.2, 0.25) is 0 Å². The van der Waals surface area contributed by atoms with E-state index in [-0.39, 0.29) is 11.7 Å². The van der Waals surface area contributed by atoms with Crippen LogP contribution in [0.5, 0.6) is 0 Å². The largest absolute Gasteiger partial charge is 0.339 e. The summed E-state index contributed by atoms with van der Waals surface area (Å²) in [6.45, 7) is 2.09. The number of anilines is 3. The SMILES string of the molecule is CC(=O)c1cccc(NC(=O)CCN2c3ccccc3Sc3ccccc32)c1. The highest BCUT2D eigenvalue weighted by Crippen LogP contribution is 2.47. The highest BCUT2D eigenvalue weighted by atomic mass is 32.2. The van der Waals surface area contributed by atoms with E-state index in [2.05, 4.69) is 34.5 Å². The molecule has 0 saturated carbocycles. The molecular formula is C23H20N2O2S. The molecule has 1 N–H and O–H groups in total. The van der Waals surface area contributed by atoms with E-state index in [0.717, 1.165) is 11.4 Å². The Labute approximate surface area is 168 Å². The van der Waals surface area contributed by atoms with Gasteiger partial charge in [-0.3, -0.25) is 9.59 Å². The minimum Gasteiger partial charge on any atom is -0.339 e. The van der Waals surface area contributed by atoms with Gasteiger partial charge in [-0.05, 0) is 43.3 Å². The lowest BCUT2D eigenvalue weighted by Crippen LogP contribution is -2.25. The van der Waals surface area contributed by atoms with Crippen LogP contribution in [0.15, 0.2) is 82.6 Å². The van der Waals surface area contributed by atoms with Crippen LogP contribution in [-0.2, 0) is 4.79 Å². The van der Waals surface area contributed by atoms with Crippen LogP contribution in [0, 0.1) is 0 Å². The number of hydrogen-bond donors (Lipinski definition) is 1. The third-order valence-corrected chi connectivity index (χ3v) is 5.78. The molecule has 4 rings (SSSR count). The molecule has 0 atom stereocenters. The first kappa shape index (κ1) is 18.3. The Balaban J connectivity index is 1.50. The van der Waals surface area contributed by atoms with Gasteiger partial charge in [-0.2, -0.15) is 0 Å². The maximum Gasteiger partial charge on any atom is 0.226 e. The topological polar surface area (TPSA) is 49.4 Å². The van der Waals surface area contributed by atoms with E-state index >= 15 is 0 Å². The van der Waals surface area contributed by atoms with Crippen molar-refractivity contribution in [1.29, 1.82) is 0 Å². The van der Waals surface area contributed by atoms with Gasteiger partial charge in [0, 0.05) is 34.0 Å². The lowest BCUT2D eigenvalue weighted by atomic mass is 10.1. The molecule has 3 aromatic rings. The molecule has 1 heterocycles. The van der Waals surface area contributed by atoms with Crippen LogP contribution in [0.1, 0.15) is 23.7 Å². The smallest absolute Gasteiger partial charge is 0.226 e. The highest BCUT2D eigenvalue weighted by Gasteiger charge is 2.23. The maximum absolute atomic E-state index is 12.5. The number of ketones is 1. The van der Waals surface area contributed by atoms with Crippen molar-refractivity contribution in [3.05, 3.63) is 78.4 Å². The van der Waals surface area contributed by atoms with Crippen molar-refractivity contribution in [2.24, 2.45) is 0 Å². The third-order valence-electron chi connectivity index (χ3n) is 4.65. The van der Waals surface area contributed by atoms with E-state index in [4.69, 9.17) is 0 Å². The van der Waals surface area contributed by atoms with E-state index in [1.54, 1.807) is 36.0 Å². The first-order valence-electron chi connectivity index (χ1n) is 9.16. The van der Waals surface area contributed by atoms with Crippen LogP contribution in [0.4, 0.5) is 17.1 Å². The van der Waals surface area contributed by atoms with Crippen LogP contribution in [0.25, 0.3) is 0 Å². The monoisotopic (exact) mass is 388 g/mol. The van der Waals surface area contributed by atoms with E-state index in [1.807, 2.05) is 24.3 Å². The number of Topliss-reactive ketones (excluding diaryl/α,β-unsaturated/α-hetero) is 1. The standard InChI is InChI=1S/C23H20N2O2S/c1-16(26)17-7-6-8-18(15-17)24-23(27)13-14-25-19-9-2-4-11-21(19)28-22-12-5-3-10-20(22)25/h2-12,15H,13-14H2,1H3,(H,24,27). The fourth-order valence-corrected chi connectivity index (χ4v) is 4.37. The van der Waals surface area contributed by atoms with Crippen LogP contribution >= 0.6 is 11.8 Å². The number of nitrogens with zero attached hydrogens (tertiary/aromatic N) is 1. The summed E-state index contributed by atoms with van der Waals surface area (Å²) in [6, 6.07) is 23.5. The van der Waals surface area contributed by atoms with Gasteiger partial charge in [0.05, 0.1) is 11.4 Å². The van der Waals surface area contributed by atoms with Gasteiger partial charge >= 0.3 is 0 Å². The average molecular weight is 388 g/mol. The first-order valence-corrected chi connectivity index (χ1v) is 9.98. The lowest BCUT2D eigenvalue weighted by Gasteiger charge is -2.32. The van der Waals surface area contributed by atoms with Gasteiger partial charge in [0.15, 0.2) is 5.78 Å². The Bertz CT molecular complexity index is 1000. The molecule has 0 aliphatic carbocycles. The highest BCUT2D eigenvalue weighted by molar-refractivity contribution is 7.99. The van der Waals surface area contributed by atoms with Crippen molar-refractivity contribution in [3.8, 4) is 0 Å². The van der Waals surface area contributed by atoms with E-state index in [9.17, 15) is 9.59 Å². The summed E-state index contributed by atoms with van der Waals surface area (Å²) in [7, 11) is 0. The number of carbonyl (C=O) groups excluding carboxylic acids is 2. The zero-order valence-corrected chi connectivity index (χ0v) is 16.3. The predicted octanol–water partition coefficient (Wildman–Crippen LogP) is 5.52. The molecule has 0 aromatic heterocycles. The summed E-state index contributed by atoms with van der Waals surface area (Å²) in [5.74, 6) is -0.0935.